The number of furan rings is 1. The van der Waals surface area contributed by atoms with E-state index in [1.165, 1.54) is 30.4 Å². The minimum absolute atomic E-state index is 0.282. The summed E-state index contributed by atoms with van der Waals surface area (Å²) in [6, 6.07) is 13.1. The van der Waals surface area contributed by atoms with Gasteiger partial charge in [0, 0.05) is 6.54 Å². The van der Waals surface area contributed by atoms with Crippen LogP contribution in [0.3, 0.4) is 0 Å². The molecule has 2 atom stereocenters. The van der Waals surface area contributed by atoms with Crippen LogP contribution in [0.1, 0.15) is 48.6 Å². The predicted octanol–water partition coefficient (Wildman–Crippen LogP) is 4.05. The van der Waals surface area contributed by atoms with Crippen LogP contribution in [0.4, 0.5) is 0 Å². The lowest BCUT2D eigenvalue weighted by Crippen LogP contribution is -2.26. The topological polar surface area (TPSA) is 25.2 Å². The lowest BCUT2D eigenvalue weighted by Gasteiger charge is -2.26. The second kappa shape index (κ2) is 5.62. The molecule has 0 bridgehead atoms. The smallest absolute Gasteiger partial charge is 0.120 e. The first-order valence-electron chi connectivity index (χ1n) is 7.19. The SMILES string of the molecule is C[C@@H](NCC1CCCc2ccccc21)c1ccco1. The van der Waals surface area contributed by atoms with Gasteiger partial charge in [-0.2, -0.15) is 0 Å². The first-order valence-corrected chi connectivity index (χ1v) is 7.19. The van der Waals surface area contributed by atoms with Gasteiger partial charge >= 0.3 is 0 Å². The summed E-state index contributed by atoms with van der Waals surface area (Å²) in [6.45, 7) is 3.19. The van der Waals surface area contributed by atoms with Gasteiger partial charge in [0.15, 0.2) is 0 Å². The monoisotopic (exact) mass is 255 g/mol. The maximum atomic E-state index is 5.44. The molecule has 1 aliphatic carbocycles. The Morgan fingerprint density at radius 2 is 2.16 bits per heavy atom. The summed E-state index contributed by atoms with van der Waals surface area (Å²) >= 11 is 0. The Morgan fingerprint density at radius 1 is 1.26 bits per heavy atom. The van der Waals surface area contributed by atoms with Crippen molar-refractivity contribution in [2.45, 2.75) is 38.1 Å². The van der Waals surface area contributed by atoms with E-state index in [9.17, 15) is 0 Å². The lowest BCUT2D eigenvalue weighted by molar-refractivity contribution is 0.408. The fraction of sp³-hybridized carbons (Fsp3) is 0.412. The molecular formula is C17H21NO. The van der Waals surface area contributed by atoms with E-state index in [0.29, 0.717) is 5.92 Å². The van der Waals surface area contributed by atoms with E-state index in [0.717, 1.165) is 12.3 Å². The van der Waals surface area contributed by atoms with Crippen LogP contribution in [-0.4, -0.2) is 6.54 Å². The van der Waals surface area contributed by atoms with E-state index in [-0.39, 0.29) is 6.04 Å². The van der Waals surface area contributed by atoms with Crippen LogP contribution in [0.15, 0.2) is 47.1 Å². The van der Waals surface area contributed by atoms with Gasteiger partial charge in [-0.1, -0.05) is 24.3 Å². The van der Waals surface area contributed by atoms with E-state index in [2.05, 4.69) is 36.5 Å². The van der Waals surface area contributed by atoms with E-state index in [1.54, 1.807) is 6.26 Å². The van der Waals surface area contributed by atoms with Gasteiger partial charge in [0.05, 0.1) is 12.3 Å². The average molecular weight is 255 g/mol. The fourth-order valence-electron chi connectivity index (χ4n) is 3.02. The number of rotatable bonds is 4. The molecule has 0 spiro atoms. The third kappa shape index (κ3) is 2.74. The van der Waals surface area contributed by atoms with Gasteiger partial charge in [-0.3, -0.25) is 0 Å². The minimum Gasteiger partial charge on any atom is -0.468 e. The van der Waals surface area contributed by atoms with Crippen molar-refractivity contribution in [1.82, 2.24) is 5.32 Å². The van der Waals surface area contributed by atoms with Crippen LogP contribution < -0.4 is 5.32 Å². The summed E-state index contributed by atoms with van der Waals surface area (Å²) in [4.78, 5) is 0. The number of nitrogens with one attached hydrogen (secondary N) is 1. The fourth-order valence-corrected chi connectivity index (χ4v) is 3.02. The zero-order valence-corrected chi connectivity index (χ0v) is 11.4. The molecule has 0 saturated heterocycles. The quantitative estimate of drug-likeness (QED) is 0.891. The number of hydrogen-bond acceptors (Lipinski definition) is 2. The molecule has 100 valence electrons. The van der Waals surface area contributed by atoms with E-state index in [1.807, 2.05) is 12.1 Å². The number of hydrogen-bond donors (Lipinski definition) is 1. The molecule has 1 aromatic heterocycles. The van der Waals surface area contributed by atoms with Crippen molar-refractivity contribution in [3.63, 3.8) is 0 Å². The molecule has 1 aromatic carbocycles. The Kier molecular flexibility index (Phi) is 3.69. The second-order valence-electron chi connectivity index (χ2n) is 5.43. The Labute approximate surface area is 114 Å². The van der Waals surface area contributed by atoms with Gasteiger partial charge in [-0.15, -0.1) is 0 Å². The molecule has 3 rings (SSSR count). The highest BCUT2D eigenvalue weighted by molar-refractivity contribution is 5.32. The van der Waals surface area contributed by atoms with Gasteiger partial charge in [0.2, 0.25) is 0 Å². The highest BCUT2D eigenvalue weighted by atomic mass is 16.3. The summed E-state index contributed by atoms with van der Waals surface area (Å²) in [5, 5.41) is 3.60. The molecule has 1 N–H and O–H groups in total. The van der Waals surface area contributed by atoms with Gasteiger partial charge in [-0.25, -0.2) is 0 Å². The predicted molar refractivity (Wildman–Crippen MR) is 77.2 cm³/mol. The molecule has 0 amide bonds. The number of fused-ring (bicyclic) bond motifs is 1. The molecule has 2 aromatic rings. The van der Waals surface area contributed by atoms with Gasteiger partial charge < -0.3 is 9.73 Å². The Bertz CT molecular complexity index is 518. The van der Waals surface area contributed by atoms with Crippen molar-refractivity contribution in [2.75, 3.05) is 6.54 Å². The van der Waals surface area contributed by atoms with Crippen molar-refractivity contribution < 1.29 is 4.42 Å². The van der Waals surface area contributed by atoms with Crippen molar-refractivity contribution in [3.8, 4) is 0 Å². The molecule has 1 heterocycles. The van der Waals surface area contributed by atoms with Gasteiger partial charge in [0.25, 0.3) is 0 Å². The third-order valence-corrected chi connectivity index (χ3v) is 4.13. The zero-order valence-electron chi connectivity index (χ0n) is 11.4. The van der Waals surface area contributed by atoms with Crippen molar-refractivity contribution >= 4 is 0 Å². The van der Waals surface area contributed by atoms with Crippen LogP contribution in [0.5, 0.6) is 0 Å². The van der Waals surface area contributed by atoms with Crippen LogP contribution in [-0.2, 0) is 6.42 Å². The highest BCUT2D eigenvalue weighted by Crippen LogP contribution is 2.31. The van der Waals surface area contributed by atoms with Gasteiger partial charge in [0.1, 0.15) is 5.76 Å². The largest absolute Gasteiger partial charge is 0.468 e. The Morgan fingerprint density at radius 3 is 3.00 bits per heavy atom. The summed E-state index contributed by atoms with van der Waals surface area (Å²) in [5.74, 6) is 1.66. The molecule has 1 aliphatic rings. The average Bonchev–Trinajstić information content (AvgIpc) is 2.99. The number of aryl methyl sites for hydroxylation is 1. The molecule has 1 unspecified atom stereocenters. The highest BCUT2D eigenvalue weighted by Gasteiger charge is 2.20. The molecule has 0 saturated carbocycles. The summed E-state index contributed by atoms with van der Waals surface area (Å²) in [6.07, 6.45) is 5.57. The Hall–Kier alpha value is -1.54. The van der Waals surface area contributed by atoms with Crippen molar-refractivity contribution in [1.29, 1.82) is 0 Å². The molecule has 0 fully saturated rings. The lowest BCUT2D eigenvalue weighted by atomic mass is 9.83. The van der Waals surface area contributed by atoms with E-state index in [4.69, 9.17) is 4.42 Å². The first kappa shape index (κ1) is 12.5. The van der Waals surface area contributed by atoms with Crippen molar-refractivity contribution in [3.05, 3.63) is 59.5 Å². The summed E-state index contributed by atoms with van der Waals surface area (Å²) in [5.41, 5.74) is 3.07. The molecule has 19 heavy (non-hydrogen) atoms. The van der Waals surface area contributed by atoms with Crippen LogP contribution >= 0.6 is 0 Å². The molecular weight excluding hydrogens is 234 g/mol. The number of benzene rings is 1. The van der Waals surface area contributed by atoms with Crippen molar-refractivity contribution in [2.24, 2.45) is 0 Å². The second-order valence-corrected chi connectivity index (χ2v) is 5.43. The Balaban J connectivity index is 1.65. The maximum Gasteiger partial charge on any atom is 0.120 e. The molecule has 0 aliphatic heterocycles. The first-order chi connectivity index (χ1) is 9.34. The van der Waals surface area contributed by atoms with Crippen LogP contribution in [0.25, 0.3) is 0 Å². The van der Waals surface area contributed by atoms with E-state index >= 15 is 0 Å². The van der Waals surface area contributed by atoms with Gasteiger partial charge in [-0.05, 0) is 55.4 Å². The maximum absolute atomic E-state index is 5.44. The summed E-state index contributed by atoms with van der Waals surface area (Å²) in [7, 11) is 0. The molecule has 2 heteroatoms. The molecule has 0 radical (unpaired) electrons. The standard InChI is InChI=1S/C17H21NO/c1-13(17-10-5-11-19-17)18-12-15-8-4-7-14-6-2-3-9-16(14)15/h2-3,5-6,9-11,13,15,18H,4,7-8,12H2,1H3/t13-,15?/m1/s1. The summed E-state index contributed by atoms with van der Waals surface area (Å²) < 4.78 is 5.44. The minimum atomic E-state index is 0.282. The van der Waals surface area contributed by atoms with Crippen LogP contribution in [0.2, 0.25) is 0 Å². The molecule has 2 nitrogen and oxygen atoms in total. The van der Waals surface area contributed by atoms with Crippen LogP contribution in [0, 0.1) is 0 Å². The van der Waals surface area contributed by atoms with E-state index < -0.39 is 0 Å². The normalized spacial score (nSPS) is 19.9. The third-order valence-electron chi connectivity index (χ3n) is 4.13. The zero-order chi connectivity index (χ0) is 13.1.